The third-order valence-electron chi connectivity index (χ3n) is 5.38. The van der Waals surface area contributed by atoms with Gasteiger partial charge in [0, 0.05) is 0 Å². The first-order valence-corrected chi connectivity index (χ1v) is 10.1. The van der Waals surface area contributed by atoms with Gasteiger partial charge in [-0.3, -0.25) is 9.59 Å². The molecule has 0 aromatic carbocycles. The summed E-state index contributed by atoms with van der Waals surface area (Å²) in [6, 6.07) is 0. The fourth-order valence-corrected chi connectivity index (χ4v) is 3.78. The highest BCUT2D eigenvalue weighted by atomic mass is 16.5. The Morgan fingerprint density at radius 2 is 1.68 bits per heavy atom. The van der Waals surface area contributed by atoms with Crippen molar-refractivity contribution in [2.45, 2.75) is 71.6 Å². The number of hydrogen-bond donors (Lipinski definition) is 0. The van der Waals surface area contributed by atoms with Gasteiger partial charge in [-0.1, -0.05) is 38.8 Å². The predicted octanol–water partition coefficient (Wildman–Crippen LogP) is 4.67. The van der Waals surface area contributed by atoms with E-state index in [0.717, 1.165) is 57.8 Å². The second kappa shape index (κ2) is 10.6. The summed E-state index contributed by atoms with van der Waals surface area (Å²) >= 11 is 0. The van der Waals surface area contributed by atoms with Gasteiger partial charge in [0.15, 0.2) is 0 Å². The molecular weight excluding hydrogens is 316 g/mol. The van der Waals surface area contributed by atoms with E-state index in [4.69, 9.17) is 9.47 Å². The minimum atomic E-state index is -0.314. The summed E-state index contributed by atoms with van der Waals surface area (Å²) in [6.07, 6.45) is 12.9. The predicted molar refractivity (Wildman–Crippen MR) is 97.9 cm³/mol. The molecule has 0 bridgehead atoms. The van der Waals surface area contributed by atoms with Gasteiger partial charge in [0.2, 0.25) is 0 Å². The van der Waals surface area contributed by atoms with E-state index >= 15 is 0 Å². The average Bonchev–Trinajstić information content (AvgIpc) is 2.63. The summed E-state index contributed by atoms with van der Waals surface area (Å²) in [6.45, 7) is 5.27. The van der Waals surface area contributed by atoms with Gasteiger partial charge in [0.25, 0.3) is 0 Å². The first-order chi connectivity index (χ1) is 12.1. The highest BCUT2D eigenvalue weighted by molar-refractivity contribution is 5.82. The van der Waals surface area contributed by atoms with Gasteiger partial charge in [0.1, 0.15) is 0 Å². The summed E-state index contributed by atoms with van der Waals surface area (Å²) in [5.41, 5.74) is 0. The van der Waals surface area contributed by atoms with Crippen molar-refractivity contribution in [1.29, 1.82) is 0 Å². The number of ether oxygens (including phenoxy) is 2. The molecule has 0 spiro atoms. The Morgan fingerprint density at radius 3 is 2.28 bits per heavy atom. The number of carbonyl (C=O) groups excluding carboxylic acids is 2. The monoisotopic (exact) mass is 350 g/mol. The van der Waals surface area contributed by atoms with Crippen molar-refractivity contribution < 1.29 is 19.1 Å². The van der Waals surface area contributed by atoms with E-state index in [-0.39, 0.29) is 23.8 Å². The molecule has 4 heteroatoms. The number of hydrogen-bond acceptors (Lipinski definition) is 4. The van der Waals surface area contributed by atoms with Gasteiger partial charge in [-0.05, 0) is 56.8 Å². The van der Waals surface area contributed by atoms with Gasteiger partial charge >= 0.3 is 11.9 Å². The van der Waals surface area contributed by atoms with Crippen LogP contribution >= 0.6 is 0 Å². The summed E-state index contributed by atoms with van der Waals surface area (Å²) in [5.74, 6) is 0.0196. The quantitative estimate of drug-likeness (QED) is 0.362. The SMILES string of the molecule is CC(C)CCCOC(=O)C1CCCCC1C(=O)OCC1CC=CCC1. The Balaban J connectivity index is 1.78. The standard InChI is InChI=1S/C21H34O4/c1-16(2)9-8-14-24-20(22)18-12-6-7-13-19(18)21(23)25-15-17-10-4-3-5-11-17/h3-4,16-19H,5-15H2,1-2H3. The maximum absolute atomic E-state index is 12.5. The first kappa shape index (κ1) is 20.0. The molecule has 0 amide bonds. The molecular formula is C21H34O4. The van der Waals surface area contributed by atoms with Gasteiger partial charge < -0.3 is 9.47 Å². The third kappa shape index (κ3) is 6.83. The van der Waals surface area contributed by atoms with Crippen LogP contribution in [-0.4, -0.2) is 25.2 Å². The van der Waals surface area contributed by atoms with Crippen molar-refractivity contribution in [3.63, 3.8) is 0 Å². The number of rotatable bonds is 8. The van der Waals surface area contributed by atoms with Crippen LogP contribution in [0.1, 0.15) is 71.6 Å². The van der Waals surface area contributed by atoms with Crippen LogP contribution in [0.4, 0.5) is 0 Å². The van der Waals surface area contributed by atoms with Crippen molar-refractivity contribution in [2.24, 2.45) is 23.7 Å². The van der Waals surface area contributed by atoms with Crippen LogP contribution in [0, 0.1) is 23.7 Å². The zero-order valence-corrected chi connectivity index (χ0v) is 15.9. The summed E-state index contributed by atoms with van der Waals surface area (Å²) < 4.78 is 11.0. The molecule has 142 valence electrons. The van der Waals surface area contributed by atoms with Crippen LogP contribution in [0.2, 0.25) is 0 Å². The zero-order chi connectivity index (χ0) is 18.1. The molecule has 0 aliphatic heterocycles. The van der Waals surface area contributed by atoms with Gasteiger partial charge in [0.05, 0.1) is 25.0 Å². The molecule has 4 nitrogen and oxygen atoms in total. The van der Waals surface area contributed by atoms with E-state index < -0.39 is 0 Å². The molecule has 3 atom stereocenters. The van der Waals surface area contributed by atoms with Crippen LogP contribution in [0.15, 0.2) is 12.2 Å². The zero-order valence-electron chi connectivity index (χ0n) is 15.9. The Hall–Kier alpha value is -1.32. The lowest BCUT2D eigenvalue weighted by atomic mass is 9.79. The van der Waals surface area contributed by atoms with Gasteiger partial charge in [-0.2, -0.15) is 0 Å². The molecule has 2 aliphatic carbocycles. The van der Waals surface area contributed by atoms with Crippen molar-refractivity contribution >= 4 is 11.9 Å². The Bertz CT molecular complexity index is 455. The van der Waals surface area contributed by atoms with Crippen LogP contribution in [0.3, 0.4) is 0 Å². The van der Waals surface area contributed by atoms with E-state index in [0.29, 0.717) is 25.0 Å². The normalized spacial score (nSPS) is 26.4. The van der Waals surface area contributed by atoms with E-state index in [1.807, 2.05) is 0 Å². The Morgan fingerprint density at radius 1 is 1.00 bits per heavy atom. The van der Waals surface area contributed by atoms with Crippen molar-refractivity contribution in [2.75, 3.05) is 13.2 Å². The largest absolute Gasteiger partial charge is 0.465 e. The van der Waals surface area contributed by atoms with Crippen molar-refractivity contribution in [3.8, 4) is 0 Å². The molecule has 0 aromatic rings. The van der Waals surface area contributed by atoms with Gasteiger partial charge in [-0.25, -0.2) is 0 Å². The summed E-state index contributed by atoms with van der Waals surface area (Å²) in [7, 11) is 0. The van der Waals surface area contributed by atoms with Crippen LogP contribution in [0.5, 0.6) is 0 Å². The average molecular weight is 350 g/mol. The topological polar surface area (TPSA) is 52.6 Å². The highest BCUT2D eigenvalue weighted by Gasteiger charge is 2.38. The van der Waals surface area contributed by atoms with Crippen LogP contribution < -0.4 is 0 Å². The van der Waals surface area contributed by atoms with Crippen LogP contribution in [0.25, 0.3) is 0 Å². The molecule has 0 radical (unpaired) electrons. The maximum atomic E-state index is 12.5. The van der Waals surface area contributed by atoms with E-state index in [9.17, 15) is 9.59 Å². The molecule has 0 saturated heterocycles. The fraction of sp³-hybridized carbons (Fsp3) is 0.810. The van der Waals surface area contributed by atoms with Crippen molar-refractivity contribution in [3.05, 3.63) is 12.2 Å². The molecule has 3 unspecified atom stereocenters. The maximum Gasteiger partial charge on any atom is 0.309 e. The molecule has 1 fully saturated rings. The summed E-state index contributed by atoms with van der Waals surface area (Å²) in [5, 5.41) is 0. The lowest BCUT2D eigenvalue weighted by molar-refractivity contribution is -0.163. The van der Waals surface area contributed by atoms with Gasteiger partial charge in [-0.15, -0.1) is 0 Å². The van der Waals surface area contributed by atoms with E-state index in [1.165, 1.54) is 0 Å². The highest BCUT2D eigenvalue weighted by Crippen LogP contribution is 2.32. The molecule has 1 saturated carbocycles. The number of allylic oxidation sites excluding steroid dienone is 2. The number of esters is 2. The fourth-order valence-electron chi connectivity index (χ4n) is 3.78. The summed E-state index contributed by atoms with van der Waals surface area (Å²) in [4.78, 5) is 25.0. The van der Waals surface area contributed by atoms with E-state index in [2.05, 4.69) is 26.0 Å². The molecule has 0 heterocycles. The Kier molecular flexibility index (Phi) is 8.50. The lowest BCUT2D eigenvalue weighted by Gasteiger charge is -2.29. The molecule has 2 rings (SSSR count). The van der Waals surface area contributed by atoms with Crippen LogP contribution in [-0.2, 0) is 19.1 Å². The molecule has 2 aliphatic rings. The molecule has 0 N–H and O–H groups in total. The number of carbonyl (C=O) groups is 2. The second-order valence-corrected chi connectivity index (χ2v) is 7.98. The molecule has 25 heavy (non-hydrogen) atoms. The Labute approximate surface area is 152 Å². The minimum absolute atomic E-state index is 0.196. The first-order valence-electron chi connectivity index (χ1n) is 10.1. The molecule has 0 aromatic heterocycles. The van der Waals surface area contributed by atoms with Crippen molar-refractivity contribution in [1.82, 2.24) is 0 Å². The van der Waals surface area contributed by atoms with E-state index in [1.54, 1.807) is 0 Å². The smallest absolute Gasteiger partial charge is 0.309 e. The second-order valence-electron chi connectivity index (χ2n) is 7.98. The lowest BCUT2D eigenvalue weighted by Crippen LogP contribution is -2.35. The third-order valence-corrected chi connectivity index (χ3v) is 5.38. The minimum Gasteiger partial charge on any atom is -0.465 e.